The third-order valence-corrected chi connectivity index (χ3v) is 6.29. The molecule has 8 heteroatoms. The molecule has 0 fully saturated rings. The van der Waals surface area contributed by atoms with Crippen molar-refractivity contribution < 1.29 is 18.0 Å². The minimum absolute atomic E-state index is 0.0642. The molecule has 31 heavy (non-hydrogen) atoms. The third-order valence-electron chi connectivity index (χ3n) is 4.48. The number of rotatable bonds is 8. The van der Waals surface area contributed by atoms with Crippen LogP contribution >= 0.6 is 0 Å². The maximum Gasteiger partial charge on any atom is 0.264 e. The topological polar surface area (TPSA) is 110 Å². The Bertz CT molecular complexity index is 1210. The average Bonchev–Trinajstić information content (AvgIpc) is 2.78. The standard InChI is InChI=1S/C23H21N3O4S/c1-2-16-26(31(29,30)19-8-4-3-5-9-19)18-14-12-17(13-15-18)23(28)25-21-11-7-6-10-20(21)22(24)27/h2-15H,1,16H2,(H2,24,27)(H,25,28). The zero-order valence-electron chi connectivity index (χ0n) is 16.6. The molecule has 3 rings (SSSR count). The first-order valence-corrected chi connectivity index (χ1v) is 10.8. The van der Waals surface area contributed by atoms with Crippen molar-refractivity contribution in [3.8, 4) is 0 Å². The van der Waals surface area contributed by atoms with E-state index in [1.165, 1.54) is 40.7 Å². The largest absolute Gasteiger partial charge is 0.366 e. The first-order valence-electron chi connectivity index (χ1n) is 9.33. The smallest absolute Gasteiger partial charge is 0.264 e. The summed E-state index contributed by atoms with van der Waals surface area (Å²) in [6.07, 6.45) is 1.49. The molecule has 3 aromatic carbocycles. The van der Waals surface area contributed by atoms with Gasteiger partial charge < -0.3 is 11.1 Å². The van der Waals surface area contributed by atoms with E-state index in [4.69, 9.17) is 5.73 Å². The van der Waals surface area contributed by atoms with Crippen molar-refractivity contribution in [2.24, 2.45) is 5.73 Å². The van der Waals surface area contributed by atoms with Crippen molar-refractivity contribution >= 4 is 33.2 Å². The molecule has 0 unspecified atom stereocenters. The number of nitrogens with two attached hydrogens (primary N) is 1. The van der Waals surface area contributed by atoms with Gasteiger partial charge in [-0.15, -0.1) is 6.58 Å². The number of sulfonamides is 1. The van der Waals surface area contributed by atoms with Crippen molar-refractivity contribution in [1.82, 2.24) is 0 Å². The van der Waals surface area contributed by atoms with Gasteiger partial charge in [0.2, 0.25) is 0 Å². The van der Waals surface area contributed by atoms with Gasteiger partial charge in [-0.1, -0.05) is 36.4 Å². The van der Waals surface area contributed by atoms with Gasteiger partial charge in [-0.25, -0.2) is 8.42 Å². The molecule has 0 spiro atoms. The number of nitrogens with one attached hydrogen (secondary N) is 1. The van der Waals surface area contributed by atoms with Crippen LogP contribution in [0.5, 0.6) is 0 Å². The van der Waals surface area contributed by atoms with Crippen molar-refractivity contribution in [3.05, 3.63) is 103 Å². The van der Waals surface area contributed by atoms with Crippen molar-refractivity contribution in [2.75, 3.05) is 16.2 Å². The van der Waals surface area contributed by atoms with Gasteiger partial charge in [-0.3, -0.25) is 13.9 Å². The number of anilines is 2. The summed E-state index contributed by atoms with van der Waals surface area (Å²) in [7, 11) is -3.80. The number of amides is 2. The predicted molar refractivity (Wildman–Crippen MR) is 121 cm³/mol. The number of nitrogens with zero attached hydrogens (tertiary/aromatic N) is 1. The molecule has 0 aliphatic carbocycles. The van der Waals surface area contributed by atoms with E-state index in [9.17, 15) is 18.0 Å². The molecule has 0 aromatic heterocycles. The summed E-state index contributed by atoms with van der Waals surface area (Å²) >= 11 is 0. The van der Waals surface area contributed by atoms with E-state index < -0.39 is 21.8 Å². The van der Waals surface area contributed by atoms with Crippen molar-refractivity contribution in [2.45, 2.75) is 4.90 Å². The van der Waals surface area contributed by atoms with E-state index in [2.05, 4.69) is 11.9 Å². The number of primary amides is 1. The molecule has 0 atom stereocenters. The van der Waals surface area contributed by atoms with E-state index in [0.717, 1.165) is 0 Å². The van der Waals surface area contributed by atoms with Crippen LogP contribution in [-0.4, -0.2) is 26.8 Å². The number of para-hydroxylation sites is 1. The molecule has 0 radical (unpaired) electrons. The second-order valence-corrected chi connectivity index (χ2v) is 8.41. The third kappa shape index (κ3) is 4.81. The van der Waals surface area contributed by atoms with Gasteiger partial charge in [0.15, 0.2) is 0 Å². The van der Waals surface area contributed by atoms with Gasteiger partial charge in [-0.2, -0.15) is 0 Å². The van der Waals surface area contributed by atoms with Crippen LogP contribution in [0, 0.1) is 0 Å². The molecule has 2 amide bonds. The van der Waals surface area contributed by atoms with Crippen LogP contribution < -0.4 is 15.4 Å². The van der Waals surface area contributed by atoms with Crippen LogP contribution in [0.4, 0.5) is 11.4 Å². The highest BCUT2D eigenvalue weighted by atomic mass is 32.2. The minimum atomic E-state index is -3.80. The number of carbonyl (C=O) groups excluding carboxylic acids is 2. The molecular weight excluding hydrogens is 414 g/mol. The van der Waals surface area contributed by atoms with Crippen LogP contribution in [0.2, 0.25) is 0 Å². The maximum absolute atomic E-state index is 13.0. The Morgan fingerprint density at radius 2 is 1.55 bits per heavy atom. The summed E-state index contributed by atoms with van der Waals surface area (Å²) in [6, 6.07) is 20.6. The fraction of sp³-hybridized carbons (Fsp3) is 0.0435. The molecular formula is C23H21N3O4S. The second kappa shape index (κ2) is 9.27. The van der Waals surface area contributed by atoms with Crippen molar-refractivity contribution in [3.63, 3.8) is 0 Å². The Kier molecular flexibility index (Phi) is 6.52. The zero-order chi connectivity index (χ0) is 22.4. The van der Waals surface area contributed by atoms with Crippen LogP contribution in [-0.2, 0) is 10.0 Å². The molecule has 3 aromatic rings. The van der Waals surface area contributed by atoms with E-state index >= 15 is 0 Å². The lowest BCUT2D eigenvalue weighted by atomic mass is 10.1. The Hall–Kier alpha value is -3.91. The summed E-state index contributed by atoms with van der Waals surface area (Å²) in [5.74, 6) is -1.11. The van der Waals surface area contributed by atoms with E-state index in [-0.39, 0.29) is 17.0 Å². The lowest BCUT2D eigenvalue weighted by molar-refractivity contribution is 0.100. The number of hydrogen-bond donors (Lipinski definition) is 2. The normalized spacial score (nSPS) is 10.8. The lowest BCUT2D eigenvalue weighted by Gasteiger charge is -2.23. The SMILES string of the molecule is C=CCN(c1ccc(C(=O)Nc2ccccc2C(N)=O)cc1)S(=O)(=O)c1ccccc1. The predicted octanol–water partition coefficient (Wildman–Crippen LogP) is 3.42. The molecule has 0 heterocycles. The molecule has 158 valence electrons. The zero-order valence-corrected chi connectivity index (χ0v) is 17.4. The maximum atomic E-state index is 13.0. The van der Waals surface area contributed by atoms with Gasteiger partial charge in [0.25, 0.3) is 21.8 Å². The van der Waals surface area contributed by atoms with E-state index in [1.54, 1.807) is 48.5 Å². The second-order valence-electron chi connectivity index (χ2n) is 6.55. The number of hydrogen-bond acceptors (Lipinski definition) is 4. The molecule has 0 aliphatic heterocycles. The van der Waals surface area contributed by atoms with Crippen LogP contribution in [0.1, 0.15) is 20.7 Å². The van der Waals surface area contributed by atoms with Gasteiger partial charge in [0.1, 0.15) is 0 Å². The summed E-state index contributed by atoms with van der Waals surface area (Å²) in [5, 5.41) is 2.65. The van der Waals surface area contributed by atoms with Crippen LogP contribution in [0.3, 0.4) is 0 Å². The number of carbonyl (C=O) groups is 2. The Morgan fingerprint density at radius 3 is 2.16 bits per heavy atom. The quantitative estimate of drug-likeness (QED) is 0.528. The molecule has 3 N–H and O–H groups in total. The summed E-state index contributed by atoms with van der Waals surface area (Å²) in [4.78, 5) is 24.3. The summed E-state index contributed by atoms with van der Waals surface area (Å²) in [6.45, 7) is 3.70. The fourth-order valence-electron chi connectivity index (χ4n) is 2.96. The highest BCUT2D eigenvalue weighted by Gasteiger charge is 2.24. The van der Waals surface area contributed by atoms with Crippen LogP contribution in [0.25, 0.3) is 0 Å². The summed E-state index contributed by atoms with van der Waals surface area (Å²) < 4.78 is 27.3. The summed E-state index contributed by atoms with van der Waals surface area (Å²) in [5.41, 5.74) is 6.50. The lowest BCUT2D eigenvalue weighted by Crippen LogP contribution is -2.31. The highest BCUT2D eigenvalue weighted by molar-refractivity contribution is 7.92. The number of benzene rings is 3. The van der Waals surface area contributed by atoms with E-state index in [0.29, 0.717) is 16.9 Å². The van der Waals surface area contributed by atoms with Gasteiger partial charge in [0.05, 0.1) is 28.4 Å². The Labute approximate surface area is 180 Å². The van der Waals surface area contributed by atoms with Crippen LogP contribution in [0.15, 0.2) is 96.4 Å². The Morgan fingerprint density at radius 1 is 0.935 bits per heavy atom. The van der Waals surface area contributed by atoms with Gasteiger partial charge >= 0.3 is 0 Å². The Balaban J connectivity index is 1.86. The highest BCUT2D eigenvalue weighted by Crippen LogP contribution is 2.24. The average molecular weight is 436 g/mol. The van der Waals surface area contributed by atoms with Gasteiger partial charge in [0, 0.05) is 5.56 Å². The molecule has 0 bridgehead atoms. The van der Waals surface area contributed by atoms with Gasteiger partial charge in [-0.05, 0) is 48.5 Å². The first-order chi connectivity index (χ1) is 14.8. The van der Waals surface area contributed by atoms with Crippen molar-refractivity contribution in [1.29, 1.82) is 0 Å². The molecule has 0 aliphatic rings. The molecule has 0 saturated heterocycles. The fourth-order valence-corrected chi connectivity index (χ4v) is 4.42. The molecule has 7 nitrogen and oxygen atoms in total. The monoisotopic (exact) mass is 435 g/mol. The molecule has 0 saturated carbocycles. The first kappa shape index (κ1) is 21.8. The van der Waals surface area contributed by atoms with E-state index in [1.807, 2.05) is 0 Å². The minimum Gasteiger partial charge on any atom is -0.366 e.